The van der Waals surface area contributed by atoms with E-state index >= 15 is 0 Å². The van der Waals surface area contributed by atoms with Crippen LogP contribution in [0.25, 0.3) is 5.69 Å². The zero-order valence-electron chi connectivity index (χ0n) is 12.7. The maximum absolute atomic E-state index is 5.35. The highest BCUT2D eigenvalue weighted by Gasteiger charge is 2.21. The van der Waals surface area contributed by atoms with Crippen LogP contribution in [0.3, 0.4) is 0 Å². The Labute approximate surface area is 124 Å². The molecule has 1 saturated carbocycles. The van der Waals surface area contributed by atoms with Crippen LogP contribution in [0.2, 0.25) is 0 Å². The van der Waals surface area contributed by atoms with Gasteiger partial charge in [0.1, 0.15) is 0 Å². The maximum atomic E-state index is 5.35. The molecule has 0 unspecified atom stereocenters. The van der Waals surface area contributed by atoms with Crippen molar-refractivity contribution in [1.82, 2.24) is 15.1 Å². The van der Waals surface area contributed by atoms with E-state index in [4.69, 9.17) is 9.47 Å². The fourth-order valence-corrected chi connectivity index (χ4v) is 2.38. The van der Waals surface area contributed by atoms with Crippen LogP contribution in [0.1, 0.15) is 24.1 Å². The Hall–Kier alpha value is -2.01. The van der Waals surface area contributed by atoms with Crippen molar-refractivity contribution in [3.05, 3.63) is 35.7 Å². The molecule has 0 bridgehead atoms. The summed E-state index contributed by atoms with van der Waals surface area (Å²) in [6, 6.07) is 6.53. The lowest BCUT2D eigenvalue weighted by atomic mass is 10.2. The normalized spacial score (nSPS) is 14.2. The summed E-state index contributed by atoms with van der Waals surface area (Å²) in [5, 5.41) is 8.02. The number of methoxy groups -OCH3 is 2. The number of hydrogen-bond donors (Lipinski definition) is 1. The van der Waals surface area contributed by atoms with Crippen LogP contribution in [-0.2, 0) is 6.54 Å². The van der Waals surface area contributed by atoms with Crippen LogP contribution in [0.5, 0.6) is 11.5 Å². The smallest absolute Gasteiger partial charge is 0.162 e. The van der Waals surface area contributed by atoms with E-state index in [0.717, 1.165) is 23.7 Å². The first-order valence-corrected chi connectivity index (χ1v) is 7.22. The van der Waals surface area contributed by atoms with Gasteiger partial charge in [-0.1, -0.05) is 0 Å². The van der Waals surface area contributed by atoms with Gasteiger partial charge in [-0.15, -0.1) is 0 Å². The molecule has 0 aliphatic heterocycles. The Balaban J connectivity index is 1.85. The van der Waals surface area contributed by atoms with Crippen molar-refractivity contribution < 1.29 is 9.47 Å². The number of ether oxygens (including phenoxy) is 2. The minimum Gasteiger partial charge on any atom is -0.493 e. The van der Waals surface area contributed by atoms with Gasteiger partial charge in [0.25, 0.3) is 0 Å². The largest absolute Gasteiger partial charge is 0.493 e. The summed E-state index contributed by atoms with van der Waals surface area (Å²) in [4.78, 5) is 0. The average Bonchev–Trinajstić information content (AvgIpc) is 3.27. The van der Waals surface area contributed by atoms with E-state index in [-0.39, 0.29) is 0 Å². The number of nitrogens with zero attached hydrogens (tertiary/aromatic N) is 2. The third-order valence-corrected chi connectivity index (χ3v) is 3.88. The Kier molecular flexibility index (Phi) is 3.84. The van der Waals surface area contributed by atoms with E-state index in [0.29, 0.717) is 11.8 Å². The van der Waals surface area contributed by atoms with Crippen LogP contribution in [-0.4, -0.2) is 30.0 Å². The molecule has 1 aromatic heterocycles. The van der Waals surface area contributed by atoms with Crippen molar-refractivity contribution in [2.75, 3.05) is 14.2 Å². The van der Waals surface area contributed by atoms with E-state index < -0.39 is 0 Å². The van der Waals surface area contributed by atoms with Crippen molar-refractivity contribution in [2.45, 2.75) is 32.4 Å². The second-order valence-electron chi connectivity index (χ2n) is 5.36. The molecule has 1 fully saturated rings. The predicted octanol–water partition coefficient (Wildman–Crippen LogP) is 2.45. The molecule has 2 aromatic rings. The minimum absolute atomic E-state index is 0.703. The molecule has 1 aliphatic carbocycles. The summed E-state index contributed by atoms with van der Waals surface area (Å²) in [6.45, 7) is 2.97. The van der Waals surface area contributed by atoms with Crippen LogP contribution in [0.4, 0.5) is 0 Å². The van der Waals surface area contributed by atoms with Gasteiger partial charge < -0.3 is 14.8 Å². The zero-order valence-corrected chi connectivity index (χ0v) is 12.7. The van der Waals surface area contributed by atoms with E-state index in [1.165, 1.54) is 18.4 Å². The van der Waals surface area contributed by atoms with Crippen molar-refractivity contribution in [3.8, 4) is 17.2 Å². The molecule has 1 aliphatic rings. The summed E-state index contributed by atoms with van der Waals surface area (Å²) in [5.41, 5.74) is 3.36. The Morgan fingerprint density at radius 2 is 2.00 bits per heavy atom. The summed E-state index contributed by atoms with van der Waals surface area (Å²) in [5.74, 6) is 1.43. The third-order valence-electron chi connectivity index (χ3n) is 3.88. The molecule has 1 aromatic carbocycles. The molecule has 1 heterocycles. The number of benzene rings is 1. The monoisotopic (exact) mass is 287 g/mol. The van der Waals surface area contributed by atoms with Gasteiger partial charge in [0.2, 0.25) is 0 Å². The summed E-state index contributed by atoms with van der Waals surface area (Å²) < 4.78 is 12.6. The first-order valence-electron chi connectivity index (χ1n) is 7.22. The van der Waals surface area contributed by atoms with Gasteiger partial charge in [-0.25, -0.2) is 4.68 Å². The fraction of sp³-hybridized carbons (Fsp3) is 0.438. The molecule has 0 atom stereocenters. The molecule has 0 amide bonds. The lowest BCUT2D eigenvalue weighted by Crippen LogP contribution is -2.15. The molecule has 5 heteroatoms. The average molecular weight is 287 g/mol. The molecule has 112 valence electrons. The molecular weight excluding hydrogens is 266 g/mol. The molecule has 5 nitrogen and oxygen atoms in total. The van der Waals surface area contributed by atoms with E-state index in [9.17, 15) is 0 Å². The summed E-state index contributed by atoms with van der Waals surface area (Å²) in [7, 11) is 3.28. The SMILES string of the molecule is COc1ccc(-n2ncc(CNC3CC3)c2C)cc1OC. The maximum Gasteiger partial charge on any atom is 0.162 e. The first kappa shape index (κ1) is 13.9. The second kappa shape index (κ2) is 5.77. The van der Waals surface area contributed by atoms with Crippen LogP contribution in [0, 0.1) is 6.92 Å². The second-order valence-corrected chi connectivity index (χ2v) is 5.36. The topological polar surface area (TPSA) is 48.3 Å². The van der Waals surface area contributed by atoms with Gasteiger partial charge in [0.05, 0.1) is 26.1 Å². The van der Waals surface area contributed by atoms with Crippen LogP contribution in [0.15, 0.2) is 24.4 Å². The fourth-order valence-electron chi connectivity index (χ4n) is 2.38. The summed E-state index contributed by atoms with van der Waals surface area (Å²) in [6.07, 6.45) is 4.52. The van der Waals surface area contributed by atoms with Crippen LogP contribution < -0.4 is 14.8 Å². The quantitative estimate of drug-likeness (QED) is 0.886. The van der Waals surface area contributed by atoms with E-state index in [1.807, 2.05) is 29.1 Å². The van der Waals surface area contributed by atoms with Crippen LogP contribution >= 0.6 is 0 Å². The molecule has 0 spiro atoms. The highest BCUT2D eigenvalue weighted by Crippen LogP contribution is 2.29. The Morgan fingerprint density at radius 1 is 1.24 bits per heavy atom. The Morgan fingerprint density at radius 3 is 2.67 bits per heavy atom. The van der Waals surface area contributed by atoms with Gasteiger partial charge in [-0.05, 0) is 31.9 Å². The number of aromatic nitrogens is 2. The van der Waals surface area contributed by atoms with E-state index in [2.05, 4.69) is 17.3 Å². The van der Waals surface area contributed by atoms with Crippen molar-refractivity contribution in [1.29, 1.82) is 0 Å². The van der Waals surface area contributed by atoms with Gasteiger partial charge in [0.15, 0.2) is 11.5 Å². The standard InChI is InChI=1S/C16H21N3O2/c1-11-12(9-17-13-4-5-13)10-18-19(11)14-6-7-15(20-2)16(8-14)21-3/h6-8,10,13,17H,4-5,9H2,1-3H3. The Bertz CT molecular complexity index is 632. The predicted molar refractivity (Wildman–Crippen MR) is 81.3 cm³/mol. The lowest BCUT2D eigenvalue weighted by molar-refractivity contribution is 0.354. The van der Waals surface area contributed by atoms with Gasteiger partial charge >= 0.3 is 0 Å². The van der Waals surface area contributed by atoms with Crippen molar-refractivity contribution in [2.24, 2.45) is 0 Å². The zero-order chi connectivity index (χ0) is 14.8. The highest BCUT2D eigenvalue weighted by molar-refractivity contribution is 5.49. The molecule has 1 N–H and O–H groups in total. The lowest BCUT2D eigenvalue weighted by Gasteiger charge is -2.11. The van der Waals surface area contributed by atoms with Crippen molar-refractivity contribution >= 4 is 0 Å². The summed E-state index contributed by atoms with van der Waals surface area (Å²) >= 11 is 0. The minimum atomic E-state index is 0.703. The number of hydrogen-bond acceptors (Lipinski definition) is 4. The number of rotatable bonds is 6. The molecule has 0 radical (unpaired) electrons. The molecule has 3 rings (SSSR count). The molecular formula is C16H21N3O2. The van der Waals surface area contributed by atoms with Crippen molar-refractivity contribution in [3.63, 3.8) is 0 Å². The van der Waals surface area contributed by atoms with Gasteiger partial charge in [-0.3, -0.25) is 0 Å². The van der Waals surface area contributed by atoms with Gasteiger partial charge in [-0.2, -0.15) is 5.10 Å². The molecule has 0 saturated heterocycles. The third kappa shape index (κ3) is 2.88. The molecule has 21 heavy (non-hydrogen) atoms. The first-order chi connectivity index (χ1) is 10.2. The number of nitrogens with one attached hydrogen (secondary N) is 1. The van der Waals surface area contributed by atoms with Gasteiger partial charge in [0, 0.05) is 29.9 Å². The van der Waals surface area contributed by atoms with E-state index in [1.54, 1.807) is 14.2 Å². The highest BCUT2D eigenvalue weighted by atomic mass is 16.5.